The zero-order valence-corrected chi connectivity index (χ0v) is 11.7. The largest absolute Gasteiger partial charge is 0.394 e. The first-order valence-electron chi connectivity index (χ1n) is 6.11. The Hall–Kier alpha value is -1.33. The number of hydrogen-bond donors (Lipinski definition) is 3. The maximum Gasteiger partial charge on any atom is 0.319 e. The van der Waals surface area contributed by atoms with Crippen molar-refractivity contribution in [2.75, 3.05) is 11.9 Å². The summed E-state index contributed by atoms with van der Waals surface area (Å²) in [5.74, 6) is -0.470. The van der Waals surface area contributed by atoms with E-state index < -0.39 is 17.4 Å². The lowest BCUT2D eigenvalue weighted by atomic mass is 9.94. The molecule has 1 aromatic carbocycles. The highest BCUT2D eigenvalue weighted by Crippen LogP contribution is 2.22. The van der Waals surface area contributed by atoms with Crippen LogP contribution in [0.15, 0.2) is 18.2 Å². The first kappa shape index (κ1) is 15.7. The molecule has 19 heavy (non-hydrogen) atoms. The molecule has 0 saturated carbocycles. The van der Waals surface area contributed by atoms with Crippen LogP contribution in [0.3, 0.4) is 0 Å². The fraction of sp³-hybridized carbons (Fsp3) is 0.462. The minimum atomic E-state index is -0.656. The molecule has 0 aromatic heterocycles. The van der Waals surface area contributed by atoms with Crippen LogP contribution in [0.25, 0.3) is 0 Å². The van der Waals surface area contributed by atoms with Crippen LogP contribution in [0.4, 0.5) is 14.9 Å². The van der Waals surface area contributed by atoms with Gasteiger partial charge in [-0.2, -0.15) is 0 Å². The molecule has 0 unspecified atom stereocenters. The highest BCUT2D eigenvalue weighted by Gasteiger charge is 2.27. The quantitative estimate of drug-likeness (QED) is 0.779. The summed E-state index contributed by atoms with van der Waals surface area (Å²) in [7, 11) is 0. The van der Waals surface area contributed by atoms with E-state index in [1.807, 2.05) is 13.8 Å². The summed E-state index contributed by atoms with van der Waals surface area (Å²) in [5, 5.41) is 14.7. The van der Waals surface area contributed by atoms with E-state index in [0.717, 1.165) is 6.07 Å². The average molecular weight is 289 g/mol. The van der Waals surface area contributed by atoms with Crippen LogP contribution in [-0.2, 0) is 0 Å². The summed E-state index contributed by atoms with van der Waals surface area (Å²) >= 11 is 5.81. The van der Waals surface area contributed by atoms with E-state index in [-0.39, 0.29) is 11.6 Å². The molecule has 0 fully saturated rings. The molecule has 1 aromatic rings. The lowest BCUT2D eigenvalue weighted by molar-refractivity contribution is 0.155. The van der Waals surface area contributed by atoms with Gasteiger partial charge in [-0.15, -0.1) is 0 Å². The van der Waals surface area contributed by atoms with Gasteiger partial charge in [0, 0.05) is 0 Å². The van der Waals surface area contributed by atoms with Crippen LogP contribution < -0.4 is 10.6 Å². The van der Waals surface area contributed by atoms with Crippen molar-refractivity contribution >= 4 is 23.3 Å². The Balaban J connectivity index is 2.74. The molecule has 0 aliphatic carbocycles. The van der Waals surface area contributed by atoms with Crippen LogP contribution in [0.5, 0.6) is 0 Å². The van der Waals surface area contributed by atoms with Gasteiger partial charge in [0.15, 0.2) is 0 Å². The number of nitrogens with one attached hydrogen (secondary N) is 2. The number of rotatable bonds is 5. The van der Waals surface area contributed by atoms with Gasteiger partial charge in [-0.1, -0.05) is 25.4 Å². The number of carbonyl (C=O) groups is 1. The Morgan fingerprint density at radius 3 is 2.53 bits per heavy atom. The van der Waals surface area contributed by atoms with Crippen molar-refractivity contribution in [1.82, 2.24) is 5.32 Å². The van der Waals surface area contributed by atoms with Gasteiger partial charge in [0.05, 0.1) is 22.9 Å². The first-order valence-corrected chi connectivity index (χ1v) is 6.49. The number of aliphatic hydroxyl groups is 1. The third-order valence-corrected chi connectivity index (χ3v) is 3.53. The summed E-state index contributed by atoms with van der Waals surface area (Å²) in [4.78, 5) is 11.9. The molecule has 0 spiro atoms. The lowest BCUT2D eigenvalue weighted by Gasteiger charge is -2.30. The highest BCUT2D eigenvalue weighted by molar-refractivity contribution is 6.33. The maximum atomic E-state index is 12.9. The number of amides is 2. The summed E-state index contributed by atoms with van der Waals surface area (Å²) in [6.07, 6.45) is 1.20. The third kappa shape index (κ3) is 4.08. The third-order valence-electron chi connectivity index (χ3n) is 3.21. The average Bonchev–Trinajstić information content (AvgIpc) is 2.39. The fourth-order valence-electron chi connectivity index (χ4n) is 1.68. The van der Waals surface area contributed by atoms with E-state index >= 15 is 0 Å². The van der Waals surface area contributed by atoms with Crippen LogP contribution >= 0.6 is 11.6 Å². The number of aliphatic hydroxyl groups excluding tert-OH is 1. The van der Waals surface area contributed by atoms with Crippen molar-refractivity contribution in [3.8, 4) is 0 Å². The predicted molar refractivity (Wildman–Crippen MR) is 74.0 cm³/mol. The zero-order valence-electron chi connectivity index (χ0n) is 11.0. The van der Waals surface area contributed by atoms with Crippen molar-refractivity contribution < 1.29 is 14.3 Å². The molecule has 6 heteroatoms. The predicted octanol–water partition coefficient (Wildman–Crippen LogP) is 3.15. The Labute approximate surface area is 117 Å². The Bertz CT molecular complexity index is 442. The minimum Gasteiger partial charge on any atom is -0.394 e. The van der Waals surface area contributed by atoms with Gasteiger partial charge in [0.1, 0.15) is 5.82 Å². The van der Waals surface area contributed by atoms with Crippen LogP contribution in [-0.4, -0.2) is 23.3 Å². The molecule has 0 atom stereocenters. The summed E-state index contributed by atoms with van der Waals surface area (Å²) in [5.41, 5.74) is -0.337. The Kier molecular flexibility index (Phi) is 5.57. The molecule has 0 radical (unpaired) electrons. The van der Waals surface area contributed by atoms with Crippen LogP contribution in [0, 0.1) is 5.82 Å². The number of halogens is 2. The van der Waals surface area contributed by atoms with Crippen LogP contribution in [0.2, 0.25) is 5.02 Å². The van der Waals surface area contributed by atoms with Gasteiger partial charge in [-0.25, -0.2) is 9.18 Å². The molecular weight excluding hydrogens is 271 g/mol. The molecular formula is C13H18ClFN2O2. The van der Waals surface area contributed by atoms with Crippen molar-refractivity contribution in [1.29, 1.82) is 0 Å². The SMILES string of the molecule is CCC(CC)(CO)NC(=O)Nc1ccc(F)cc1Cl. The van der Waals surface area contributed by atoms with Crippen molar-refractivity contribution in [3.63, 3.8) is 0 Å². The van der Waals surface area contributed by atoms with Gasteiger partial charge < -0.3 is 15.7 Å². The van der Waals surface area contributed by atoms with Crippen molar-refractivity contribution in [3.05, 3.63) is 29.0 Å². The summed E-state index contributed by atoms with van der Waals surface area (Å²) in [6.45, 7) is 3.61. The maximum absolute atomic E-state index is 12.9. The first-order chi connectivity index (χ1) is 8.96. The zero-order chi connectivity index (χ0) is 14.5. The number of anilines is 1. The molecule has 3 N–H and O–H groups in total. The van der Waals surface area contributed by atoms with E-state index in [9.17, 15) is 14.3 Å². The monoisotopic (exact) mass is 288 g/mol. The molecule has 0 bridgehead atoms. The number of hydrogen-bond acceptors (Lipinski definition) is 2. The molecule has 0 saturated heterocycles. The van der Waals surface area contributed by atoms with E-state index in [2.05, 4.69) is 10.6 Å². The second-order valence-corrected chi connectivity index (χ2v) is 4.76. The smallest absolute Gasteiger partial charge is 0.319 e. The Morgan fingerprint density at radius 2 is 2.05 bits per heavy atom. The van der Waals surface area contributed by atoms with Gasteiger partial charge in [0.2, 0.25) is 0 Å². The van der Waals surface area contributed by atoms with Crippen molar-refractivity contribution in [2.24, 2.45) is 0 Å². The normalized spacial score (nSPS) is 11.2. The fourth-order valence-corrected chi connectivity index (χ4v) is 1.89. The van der Waals surface area contributed by atoms with E-state index in [4.69, 9.17) is 11.6 Å². The number of benzene rings is 1. The van der Waals surface area contributed by atoms with Gasteiger partial charge in [0.25, 0.3) is 0 Å². The molecule has 2 amide bonds. The molecule has 0 heterocycles. The lowest BCUT2D eigenvalue weighted by Crippen LogP contribution is -2.52. The van der Waals surface area contributed by atoms with Gasteiger partial charge in [-0.05, 0) is 31.0 Å². The van der Waals surface area contributed by atoms with E-state index in [1.165, 1.54) is 12.1 Å². The Morgan fingerprint density at radius 1 is 1.42 bits per heavy atom. The molecule has 4 nitrogen and oxygen atoms in total. The number of carbonyl (C=O) groups excluding carboxylic acids is 1. The minimum absolute atomic E-state index is 0.123. The van der Waals surface area contributed by atoms with E-state index in [1.54, 1.807) is 0 Å². The molecule has 1 rings (SSSR count). The highest BCUT2D eigenvalue weighted by atomic mass is 35.5. The summed E-state index contributed by atoms with van der Waals surface area (Å²) < 4.78 is 12.9. The van der Waals surface area contributed by atoms with E-state index in [0.29, 0.717) is 18.5 Å². The molecule has 0 aliphatic heterocycles. The van der Waals surface area contributed by atoms with Crippen molar-refractivity contribution in [2.45, 2.75) is 32.2 Å². The van der Waals surface area contributed by atoms with Crippen LogP contribution in [0.1, 0.15) is 26.7 Å². The molecule has 0 aliphatic rings. The molecule has 106 valence electrons. The summed E-state index contributed by atoms with van der Waals surface area (Å²) in [6, 6.07) is 3.23. The standard InChI is InChI=1S/C13H18ClFN2O2/c1-3-13(4-2,8-18)17-12(19)16-11-6-5-9(15)7-10(11)14/h5-7,18H,3-4,8H2,1-2H3,(H2,16,17,19). The van der Waals surface area contributed by atoms with Gasteiger partial charge in [-0.3, -0.25) is 0 Å². The van der Waals surface area contributed by atoms with Gasteiger partial charge >= 0.3 is 6.03 Å². The number of urea groups is 1. The topological polar surface area (TPSA) is 61.4 Å². The second kappa shape index (κ2) is 6.73. The second-order valence-electron chi connectivity index (χ2n) is 4.35.